The zero-order valence-corrected chi connectivity index (χ0v) is 10.8. The van der Waals surface area contributed by atoms with E-state index in [-0.39, 0.29) is 12.1 Å². The average molecular weight is 252 g/mol. The molecule has 1 N–H and O–H groups in total. The topological polar surface area (TPSA) is 21.3 Å². The number of hydrogen-bond donors (Lipinski definition) is 1. The third-order valence-electron chi connectivity index (χ3n) is 3.05. The molecule has 0 saturated carbocycles. The van der Waals surface area contributed by atoms with Gasteiger partial charge in [-0.3, -0.25) is 0 Å². The third-order valence-corrected chi connectivity index (χ3v) is 3.39. The van der Waals surface area contributed by atoms with Gasteiger partial charge in [-0.15, -0.1) is 0 Å². The Kier molecular flexibility index (Phi) is 4.46. The molecule has 3 heteroatoms. The number of benzene rings is 1. The molecule has 1 heterocycles. The Morgan fingerprint density at radius 1 is 1.47 bits per heavy atom. The van der Waals surface area contributed by atoms with Crippen LogP contribution in [0.2, 0.25) is 5.02 Å². The molecule has 0 amide bonds. The van der Waals surface area contributed by atoms with E-state index in [0.717, 1.165) is 30.0 Å². The number of hydrogen-bond acceptors (Lipinski definition) is 2. The molecule has 0 saturated heterocycles. The van der Waals surface area contributed by atoms with E-state index in [1.54, 1.807) is 6.26 Å². The molecule has 1 unspecified atom stereocenters. The summed E-state index contributed by atoms with van der Waals surface area (Å²) in [5.74, 6) is 0. The van der Waals surface area contributed by atoms with Crippen molar-refractivity contribution >= 4 is 11.6 Å². The molecule has 0 spiro atoms. The van der Waals surface area contributed by atoms with Gasteiger partial charge in [0.1, 0.15) is 6.10 Å². The maximum atomic E-state index is 6.16. The Bertz CT molecular complexity index is 392. The van der Waals surface area contributed by atoms with E-state index in [1.165, 1.54) is 0 Å². The number of ether oxygens (including phenoxy) is 1. The fourth-order valence-electron chi connectivity index (χ4n) is 1.98. The van der Waals surface area contributed by atoms with Gasteiger partial charge in [0.05, 0.1) is 6.26 Å². The van der Waals surface area contributed by atoms with Gasteiger partial charge in [0.15, 0.2) is 0 Å². The molecular weight excluding hydrogens is 234 g/mol. The van der Waals surface area contributed by atoms with E-state index in [1.807, 2.05) is 18.2 Å². The molecule has 2 atom stereocenters. The van der Waals surface area contributed by atoms with E-state index in [0.29, 0.717) is 0 Å². The van der Waals surface area contributed by atoms with Crippen LogP contribution < -0.4 is 5.32 Å². The van der Waals surface area contributed by atoms with E-state index >= 15 is 0 Å². The Morgan fingerprint density at radius 3 is 3.00 bits per heavy atom. The quantitative estimate of drug-likeness (QED) is 0.881. The predicted molar refractivity (Wildman–Crippen MR) is 71.1 cm³/mol. The normalized spacial score (nSPS) is 20.9. The summed E-state index contributed by atoms with van der Waals surface area (Å²) in [6.07, 6.45) is 6.33. The fourth-order valence-corrected chi connectivity index (χ4v) is 2.28. The smallest absolute Gasteiger partial charge is 0.110 e. The standard InChI is InChI=1S/C14H18ClNO/c1-11(13-7-2-3-8-14(13)15)16-10-12-6-4-5-9-17-12/h2-3,5,7-9,11-12,16H,4,6,10H2,1H3/t11-,12?/m0/s1. The van der Waals surface area contributed by atoms with Gasteiger partial charge >= 0.3 is 0 Å². The van der Waals surface area contributed by atoms with Crippen molar-refractivity contribution in [2.45, 2.75) is 31.9 Å². The molecule has 0 aromatic heterocycles. The highest BCUT2D eigenvalue weighted by molar-refractivity contribution is 6.31. The second kappa shape index (κ2) is 6.08. The van der Waals surface area contributed by atoms with Gasteiger partial charge in [-0.1, -0.05) is 29.8 Å². The second-order valence-corrected chi connectivity index (χ2v) is 4.77. The highest BCUT2D eigenvalue weighted by Crippen LogP contribution is 2.22. The molecule has 92 valence electrons. The van der Waals surface area contributed by atoms with Gasteiger partial charge in [0.2, 0.25) is 0 Å². The van der Waals surface area contributed by atoms with Gasteiger partial charge in [-0.05, 0) is 37.5 Å². The lowest BCUT2D eigenvalue weighted by Crippen LogP contribution is -2.31. The molecule has 1 aromatic rings. The first-order valence-electron chi connectivity index (χ1n) is 6.05. The van der Waals surface area contributed by atoms with E-state index < -0.39 is 0 Å². The minimum absolute atomic E-state index is 0.248. The molecule has 1 aromatic carbocycles. The van der Waals surface area contributed by atoms with Crippen molar-refractivity contribution in [2.75, 3.05) is 6.54 Å². The van der Waals surface area contributed by atoms with Crippen molar-refractivity contribution in [3.05, 3.63) is 47.2 Å². The average Bonchev–Trinajstić information content (AvgIpc) is 2.38. The Hall–Kier alpha value is -0.990. The van der Waals surface area contributed by atoms with Gasteiger partial charge in [-0.25, -0.2) is 0 Å². The van der Waals surface area contributed by atoms with Crippen molar-refractivity contribution in [3.63, 3.8) is 0 Å². The first-order chi connectivity index (χ1) is 8.27. The minimum atomic E-state index is 0.248. The van der Waals surface area contributed by atoms with Crippen LogP contribution in [0.1, 0.15) is 31.4 Å². The van der Waals surface area contributed by atoms with Crippen LogP contribution in [0.5, 0.6) is 0 Å². The Labute approximate surface area is 108 Å². The predicted octanol–water partition coefficient (Wildman–Crippen LogP) is 3.68. The summed E-state index contributed by atoms with van der Waals surface area (Å²) in [7, 11) is 0. The van der Waals surface area contributed by atoms with Crippen molar-refractivity contribution in [3.8, 4) is 0 Å². The van der Waals surface area contributed by atoms with Crippen molar-refractivity contribution < 1.29 is 4.74 Å². The van der Waals surface area contributed by atoms with Gasteiger partial charge in [0, 0.05) is 17.6 Å². The summed E-state index contributed by atoms with van der Waals surface area (Å²) >= 11 is 6.16. The molecule has 0 bridgehead atoms. The lowest BCUT2D eigenvalue weighted by Gasteiger charge is -2.23. The maximum absolute atomic E-state index is 6.16. The molecule has 0 aliphatic carbocycles. The SMILES string of the molecule is C[C@H](NCC1CCC=CO1)c1ccccc1Cl. The van der Waals surface area contributed by atoms with Gasteiger partial charge in [0.25, 0.3) is 0 Å². The molecule has 1 aliphatic rings. The molecule has 1 aliphatic heterocycles. The van der Waals surface area contributed by atoms with Crippen LogP contribution in [0, 0.1) is 0 Å². The highest BCUT2D eigenvalue weighted by atomic mass is 35.5. The number of allylic oxidation sites excluding steroid dienone is 1. The summed E-state index contributed by atoms with van der Waals surface area (Å²) < 4.78 is 5.52. The van der Waals surface area contributed by atoms with Gasteiger partial charge in [-0.2, -0.15) is 0 Å². The maximum Gasteiger partial charge on any atom is 0.110 e. The van der Waals surface area contributed by atoms with Crippen LogP contribution in [-0.2, 0) is 4.74 Å². The van der Waals surface area contributed by atoms with Crippen LogP contribution in [0.4, 0.5) is 0 Å². The summed E-state index contributed by atoms with van der Waals surface area (Å²) in [4.78, 5) is 0. The highest BCUT2D eigenvalue weighted by Gasteiger charge is 2.14. The first-order valence-corrected chi connectivity index (χ1v) is 6.43. The zero-order valence-electron chi connectivity index (χ0n) is 10.0. The van der Waals surface area contributed by atoms with Crippen LogP contribution in [0.3, 0.4) is 0 Å². The number of halogens is 1. The molecular formula is C14H18ClNO. The van der Waals surface area contributed by atoms with E-state index in [2.05, 4.69) is 24.4 Å². The van der Waals surface area contributed by atoms with Crippen LogP contribution >= 0.6 is 11.6 Å². The molecule has 0 fully saturated rings. The molecule has 0 radical (unpaired) electrons. The van der Waals surface area contributed by atoms with Gasteiger partial charge < -0.3 is 10.1 Å². The van der Waals surface area contributed by atoms with Crippen LogP contribution in [-0.4, -0.2) is 12.6 Å². The van der Waals surface area contributed by atoms with Crippen LogP contribution in [0.25, 0.3) is 0 Å². The Morgan fingerprint density at radius 2 is 2.29 bits per heavy atom. The van der Waals surface area contributed by atoms with Crippen LogP contribution in [0.15, 0.2) is 36.6 Å². The second-order valence-electron chi connectivity index (χ2n) is 4.36. The third kappa shape index (κ3) is 3.48. The molecule has 2 nitrogen and oxygen atoms in total. The van der Waals surface area contributed by atoms with E-state index in [4.69, 9.17) is 16.3 Å². The monoisotopic (exact) mass is 251 g/mol. The fraction of sp³-hybridized carbons (Fsp3) is 0.429. The minimum Gasteiger partial charge on any atom is -0.497 e. The number of rotatable bonds is 4. The largest absolute Gasteiger partial charge is 0.497 e. The summed E-state index contributed by atoms with van der Waals surface area (Å²) in [5.41, 5.74) is 1.14. The van der Waals surface area contributed by atoms with Crippen molar-refractivity contribution in [1.29, 1.82) is 0 Å². The summed E-state index contributed by atoms with van der Waals surface area (Å²) in [5, 5.41) is 4.28. The molecule has 2 rings (SSSR count). The summed E-state index contributed by atoms with van der Waals surface area (Å²) in [6, 6.07) is 8.20. The molecule has 17 heavy (non-hydrogen) atoms. The Balaban J connectivity index is 1.87. The zero-order chi connectivity index (χ0) is 12.1. The first kappa shape index (κ1) is 12.5. The lowest BCUT2D eigenvalue weighted by atomic mass is 10.1. The summed E-state index contributed by atoms with van der Waals surface area (Å²) in [6.45, 7) is 2.98. The lowest BCUT2D eigenvalue weighted by molar-refractivity contribution is 0.120. The van der Waals surface area contributed by atoms with E-state index in [9.17, 15) is 0 Å². The van der Waals surface area contributed by atoms with Crippen molar-refractivity contribution in [1.82, 2.24) is 5.32 Å². The number of nitrogens with one attached hydrogen (secondary N) is 1. The van der Waals surface area contributed by atoms with Crippen molar-refractivity contribution in [2.24, 2.45) is 0 Å².